The van der Waals surface area contributed by atoms with E-state index in [0.29, 0.717) is 24.4 Å². The van der Waals surface area contributed by atoms with E-state index in [1.807, 2.05) is 6.07 Å². The summed E-state index contributed by atoms with van der Waals surface area (Å²) in [6.07, 6.45) is -1.25. The van der Waals surface area contributed by atoms with Crippen molar-refractivity contribution in [2.75, 3.05) is 32.2 Å². The maximum atomic E-state index is 12.8. The Kier molecular flexibility index (Phi) is 10.0. The Labute approximate surface area is 241 Å². The Hall–Kier alpha value is -3.74. The van der Waals surface area contributed by atoms with Gasteiger partial charge in [-0.15, -0.1) is 4.52 Å². The van der Waals surface area contributed by atoms with Crippen LogP contribution in [0.3, 0.4) is 0 Å². The Morgan fingerprint density at radius 3 is 2.64 bits per heavy atom. The highest BCUT2D eigenvalue weighted by molar-refractivity contribution is 7.36. The molecule has 6 atom stereocenters. The van der Waals surface area contributed by atoms with Crippen molar-refractivity contribution in [2.45, 2.75) is 63.6 Å². The summed E-state index contributed by atoms with van der Waals surface area (Å²) < 4.78 is 47.2. The van der Waals surface area contributed by atoms with E-state index >= 15 is 0 Å². The lowest BCUT2D eigenvalue weighted by Gasteiger charge is -2.26. The molecule has 0 saturated carbocycles. The van der Waals surface area contributed by atoms with Crippen molar-refractivity contribution in [2.24, 2.45) is 5.92 Å². The molecule has 0 amide bonds. The number of rotatable bonds is 11. The number of nitrogens with two attached hydrogens (primary N) is 1. The standard InChI is InChI=1S/C25H32N6O10P/c1-14(24(34)37-10-17-6-8-36-9-7-17)30-42(35)38-12-25(11-26)22(40-16(3)33)21(39-15(2)32)20(41-25)18-4-5-19-23(27)28-13-29-31(18)19/h4-5,13-14,17,20-22H,6-10,12H2,1-3H3,(H,30,35)(H2,27,28,29)/q+1/t14-,20-,21-,22-,25+/m0/s1. The average Bonchev–Trinajstić information content (AvgIpc) is 3.51. The molecule has 0 aromatic carbocycles. The molecule has 0 radical (unpaired) electrons. The second-order valence-corrected chi connectivity index (χ2v) is 10.9. The second-order valence-electron chi connectivity index (χ2n) is 9.91. The van der Waals surface area contributed by atoms with E-state index < -0.39 is 62.6 Å². The van der Waals surface area contributed by atoms with Crippen LogP contribution in [-0.2, 0) is 47.2 Å². The number of esters is 3. The highest BCUT2D eigenvalue weighted by Crippen LogP contribution is 2.45. The summed E-state index contributed by atoms with van der Waals surface area (Å²) >= 11 is 0. The summed E-state index contributed by atoms with van der Waals surface area (Å²) in [5.74, 6) is -1.82. The van der Waals surface area contributed by atoms with Crippen molar-refractivity contribution in [3.63, 3.8) is 0 Å². The van der Waals surface area contributed by atoms with Crippen LogP contribution in [0.1, 0.15) is 45.4 Å². The summed E-state index contributed by atoms with van der Waals surface area (Å²) in [5.41, 5.74) is 4.58. The van der Waals surface area contributed by atoms with Crippen LogP contribution < -0.4 is 10.8 Å². The number of anilines is 1. The molecule has 4 heterocycles. The third-order valence-corrected chi connectivity index (χ3v) is 7.79. The fourth-order valence-electron chi connectivity index (χ4n) is 4.74. The number of nitrogens with one attached hydrogen (secondary N) is 1. The van der Waals surface area contributed by atoms with E-state index in [1.54, 1.807) is 12.1 Å². The fraction of sp³-hybridized carbons (Fsp3) is 0.600. The lowest BCUT2D eigenvalue weighted by molar-refractivity contribution is -0.166. The predicted molar refractivity (Wildman–Crippen MR) is 141 cm³/mol. The van der Waals surface area contributed by atoms with Gasteiger partial charge in [-0.25, -0.2) is 9.50 Å². The zero-order chi connectivity index (χ0) is 30.4. The number of hydrogen-bond donors (Lipinski definition) is 2. The average molecular weight is 608 g/mol. The van der Waals surface area contributed by atoms with Gasteiger partial charge in [0.25, 0.3) is 0 Å². The Morgan fingerprint density at radius 2 is 1.98 bits per heavy atom. The molecule has 2 fully saturated rings. The molecule has 2 saturated heterocycles. The van der Waals surface area contributed by atoms with E-state index in [2.05, 4.69) is 15.2 Å². The smallest absolute Gasteiger partial charge is 0.464 e. The van der Waals surface area contributed by atoms with Crippen LogP contribution in [0.15, 0.2) is 18.5 Å². The first kappa shape index (κ1) is 31.2. The topological polar surface area (TPSA) is 216 Å². The number of carbonyl (C=O) groups excluding carboxylic acids is 3. The van der Waals surface area contributed by atoms with Crippen LogP contribution in [0.4, 0.5) is 5.82 Å². The summed E-state index contributed by atoms with van der Waals surface area (Å²) in [6.45, 7) is 4.44. The monoisotopic (exact) mass is 607 g/mol. The van der Waals surface area contributed by atoms with Gasteiger partial charge in [0.2, 0.25) is 5.60 Å². The number of nitrogen functional groups attached to an aromatic ring is 1. The molecule has 2 aliphatic heterocycles. The number of ether oxygens (including phenoxy) is 5. The van der Waals surface area contributed by atoms with E-state index in [1.165, 1.54) is 17.8 Å². The number of carbonyl (C=O) groups is 3. The predicted octanol–water partition coefficient (Wildman–Crippen LogP) is 1.13. The van der Waals surface area contributed by atoms with Gasteiger partial charge < -0.3 is 29.4 Å². The van der Waals surface area contributed by atoms with E-state index in [0.717, 1.165) is 26.7 Å². The van der Waals surface area contributed by atoms with Crippen LogP contribution in [0.25, 0.3) is 5.52 Å². The lowest BCUT2D eigenvalue weighted by Crippen LogP contribution is -2.49. The van der Waals surface area contributed by atoms with Crippen molar-refractivity contribution >= 4 is 37.4 Å². The van der Waals surface area contributed by atoms with Crippen molar-refractivity contribution in [3.05, 3.63) is 24.2 Å². The van der Waals surface area contributed by atoms with Crippen molar-refractivity contribution in [1.82, 2.24) is 19.7 Å². The van der Waals surface area contributed by atoms with E-state index in [4.69, 9.17) is 33.9 Å². The molecule has 16 nitrogen and oxygen atoms in total. The second kappa shape index (κ2) is 13.5. The van der Waals surface area contributed by atoms with E-state index in [-0.39, 0.29) is 18.3 Å². The van der Waals surface area contributed by atoms with Gasteiger partial charge in [0, 0.05) is 27.1 Å². The number of aromatic nitrogens is 3. The van der Waals surface area contributed by atoms with Gasteiger partial charge in [0.1, 0.15) is 30.1 Å². The number of fused-ring (bicyclic) bond motifs is 1. The van der Waals surface area contributed by atoms with Crippen LogP contribution in [-0.4, -0.2) is 82.8 Å². The van der Waals surface area contributed by atoms with Gasteiger partial charge in [-0.2, -0.15) is 10.4 Å². The van der Waals surface area contributed by atoms with Gasteiger partial charge >= 0.3 is 26.1 Å². The molecule has 17 heteroatoms. The summed E-state index contributed by atoms with van der Waals surface area (Å²) in [4.78, 5) is 40.5. The highest BCUT2D eigenvalue weighted by Gasteiger charge is 2.62. The van der Waals surface area contributed by atoms with Crippen LogP contribution >= 0.6 is 8.18 Å². The minimum absolute atomic E-state index is 0.160. The van der Waals surface area contributed by atoms with Gasteiger partial charge in [0.05, 0.1) is 12.3 Å². The number of nitriles is 1. The molecule has 0 aliphatic carbocycles. The third-order valence-electron chi connectivity index (χ3n) is 6.83. The van der Waals surface area contributed by atoms with Crippen molar-refractivity contribution < 1.29 is 47.2 Å². The minimum atomic E-state index is -2.74. The molecule has 0 spiro atoms. The van der Waals surface area contributed by atoms with Gasteiger partial charge in [-0.1, -0.05) is 5.09 Å². The van der Waals surface area contributed by atoms with E-state index in [9.17, 15) is 24.2 Å². The molecule has 3 N–H and O–H groups in total. The minimum Gasteiger partial charge on any atom is -0.464 e. The quantitative estimate of drug-likeness (QED) is 0.208. The summed E-state index contributed by atoms with van der Waals surface area (Å²) in [7, 11) is -2.74. The van der Waals surface area contributed by atoms with Gasteiger partial charge in [0.15, 0.2) is 24.6 Å². The molecule has 1 unspecified atom stereocenters. The summed E-state index contributed by atoms with van der Waals surface area (Å²) in [6, 6.07) is 4.12. The number of nitrogens with zero attached hydrogens (tertiary/aromatic N) is 4. The van der Waals surface area contributed by atoms with Gasteiger partial charge in [-0.3, -0.25) is 14.4 Å². The largest absolute Gasteiger partial charge is 0.613 e. The van der Waals surface area contributed by atoms with Crippen LogP contribution in [0.2, 0.25) is 0 Å². The van der Waals surface area contributed by atoms with Crippen LogP contribution in [0.5, 0.6) is 0 Å². The molecule has 42 heavy (non-hydrogen) atoms. The Balaban J connectivity index is 1.50. The maximum Gasteiger partial charge on any atom is 0.613 e. The molecule has 226 valence electrons. The molecular formula is C25H32N6O10P+. The summed E-state index contributed by atoms with van der Waals surface area (Å²) in [5, 5.41) is 16.9. The molecule has 2 aromatic rings. The first-order chi connectivity index (χ1) is 20.0. The Morgan fingerprint density at radius 1 is 1.26 bits per heavy atom. The first-order valence-electron chi connectivity index (χ1n) is 13.2. The molecular weight excluding hydrogens is 575 g/mol. The zero-order valence-corrected chi connectivity index (χ0v) is 24.2. The molecule has 0 bridgehead atoms. The maximum absolute atomic E-state index is 12.8. The normalized spacial score (nSPS) is 25.4. The lowest BCUT2D eigenvalue weighted by atomic mass is 9.95. The fourth-order valence-corrected chi connectivity index (χ4v) is 5.54. The number of hydrogen-bond acceptors (Lipinski definition) is 14. The highest BCUT2D eigenvalue weighted by atomic mass is 31.1. The van der Waals surface area contributed by atoms with Crippen LogP contribution in [0, 0.1) is 17.2 Å². The van der Waals surface area contributed by atoms with Crippen molar-refractivity contribution in [1.29, 1.82) is 5.26 Å². The van der Waals surface area contributed by atoms with Crippen molar-refractivity contribution in [3.8, 4) is 6.07 Å². The molecule has 2 aromatic heterocycles. The zero-order valence-electron chi connectivity index (χ0n) is 23.3. The molecule has 4 rings (SSSR count). The molecule has 2 aliphatic rings. The first-order valence-corrected chi connectivity index (χ1v) is 14.3. The Bertz CT molecular complexity index is 1380. The third kappa shape index (κ3) is 7.00. The van der Waals surface area contributed by atoms with Gasteiger partial charge in [-0.05, 0) is 42.4 Å². The SMILES string of the molecule is CC(=O)O[C@H]1[C@H](c2ccc3c(N)ncnn23)O[C@](C#N)(CO[P+](=O)N[C@@H](C)C(=O)OCC2CCOCC2)[C@H]1OC(C)=O.